The normalized spacial score (nSPS) is 13.5. The molecule has 1 aromatic carbocycles. The van der Waals surface area contributed by atoms with E-state index in [9.17, 15) is 5.26 Å². The molecule has 0 aliphatic heterocycles. The molecule has 2 N–H and O–H groups in total. The van der Waals surface area contributed by atoms with E-state index < -0.39 is 5.54 Å². The average Bonchev–Trinajstić information content (AvgIpc) is 3.07. The monoisotopic (exact) mass is 349 g/mol. The number of rotatable bonds is 6. The number of aromatic nitrogens is 3. The van der Waals surface area contributed by atoms with Gasteiger partial charge in [-0.2, -0.15) is 10.4 Å². The summed E-state index contributed by atoms with van der Waals surface area (Å²) in [5.74, 6) is 1.03. The van der Waals surface area contributed by atoms with Crippen molar-refractivity contribution in [1.82, 2.24) is 14.6 Å². The topological polar surface area (TPSA) is 89.2 Å². The molecule has 0 aliphatic carbocycles. The van der Waals surface area contributed by atoms with E-state index in [2.05, 4.69) is 30.0 Å². The maximum atomic E-state index is 9.54. The van der Waals surface area contributed by atoms with Gasteiger partial charge in [0.2, 0.25) is 0 Å². The Bertz CT molecular complexity index is 952. The zero-order chi connectivity index (χ0) is 18.7. The number of nitrogens with two attached hydrogens (primary N) is 1. The van der Waals surface area contributed by atoms with Gasteiger partial charge in [-0.1, -0.05) is 13.8 Å². The lowest BCUT2D eigenvalue weighted by atomic mass is 9.93. The number of nitriles is 1. The third kappa shape index (κ3) is 3.84. The number of benzene rings is 1. The summed E-state index contributed by atoms with van der Waals surface area (Å²) in [5.41, 5.74) is 8.84. The van der Waals surface area contributed by atoms with Crippen molar-refractivity contribution in [2.24, 2.45) is 11.7 Å². The molecular formula is C20H23N5O. The molecule has 0 saturated carbocycles. The third-order valence-electron chi connectivity index (χ3n) is 4.12. The maximum Gasteiger partial charge on any atom is 0.155 e. The van der Waals surface area contributed by atoms with Gasteiger partial charge in [0, 0.05) is 23.4 Å². The van der Waals surface area contributed by atoms with Crippen molar-refractivity contribution in [1.29, 1.82) is 5.26 Å². The molecule has 0 aliphatic rings. The highest BCUT2D eigenvalue weighted by Gasteiger charge is 2.22. The average molecular weight is 349 g/mol. The van der Waals surface area contributed by atoms with Gasteiger partial charge in [0.15, 0.2) is 5.65 Å². The van der Waals surface area contributed by atoms with Crippen molar-refractivity contribution in [3.05, 3.63) is 48.3 Å². The molecule has 134 valence electrons. The van der Waals surface area contributed by atoms with E-state index >= 15 is 0 Å². The first-order valence-corrected chi connectivity index (χ1v) is 8.64. The van der Waals surface area contributed by atoms with Crippen LogP contribution in [-0.4, -0.2) is 26.7 Å². The summed E-state index contributed by atoms with van der Waals surface area (Å²) in [4.78, 5) is 4.26. The van der Waals surface area contributed by atoms with Crippen molar-refractivity contribution in [2.45, 2.75) is 32.7 Å². The summed E-state index contributed by atoms with van der Waals surface area (Å²) in [6.07, 6.45) is 4.28. The van der Waals surface area contributed by atoms with Crippen LogP contribution in [0.25, 0.3) is 16.9 Å². The fourth-order valence-corrected chi connectivity index (χ4v) is 3.19. The Morgan fingerprint density at radius 2 is 2.08 bits per heavy atom. The molecule has 0 saturated heterocycles. The van der Waals surface area contributed by atoms with E-state index in [1.165, 1.54) is 0 Å². The Morgan fingerprint density at radius 1 is 1.27 bits per heavy atom. The predicted molar refractivity (Wildman–Crippen MR) is 101 cm³/mol. The minimum Gasteiger partial charge on any atom is -0.490 e. The highest BCUT2D eigenvalue weighted by Crippen LogP contribution is 2.27. The number of nitrogens with zero attached hydrogens (tertiary/aromatic N) is 4. The highest BCUT2D eigenvalue weighted by molar-refractivity contribution is 5.66. The maximum absolute atomic E-state index is 9.54. The molecule has 0 spiro atoms. The van der Waals surface area contributed by atoms with Gasteiger partial charge in [-0.15, -0.1) is 0 Å². The molecule has 2 heterocycles. The van der Waals surface area contributed by atoms with Gasteiger partial charge >= 0.3 is 0 Å². The molecule has 0 amide bonds. The van der Waals surface area contributed by atoms with Gasteiger partial charge in [0.05, 0.1) is 17.5 Å². The van der Waals surface area contributed by atoms with E-state index in [0.29, 0.717) is 23.8 Å². The Balaban J connectivity index is 1.87. The SMILES string of the molecule is CC(C)CC(C)(N)COc1ccc(-c2ccnc3ccnn23)cc1C#N. The van der Waals surface area contributed by atoms with Crippen LogP contribution in [0.5, 0.6) is 5.75 Å². The summed E-state index contributed by atoms with van der Waals surface area (Å²) in [5, 5.41) is 13.8. The van der Waals surface area contributed by atoms with Crippen LogP contribution in [0.4, 0.5) is 0 Å². The van der Waals surface area contributed by atoms with Crippen molar-refractivity contribution in [3.63, 3.8) is 0 Å². The van der Waals surface area contributed by atoms with E-state index in [-0.39, 0.29) is 0 Å². The molecule has 0 fully saturated rings. The summed E-state index contributed by atoms with van der Waals surface area (Å²) in [7, 11) is 0. The van der Waals surface area contributed by atoms with Gasteiger partial charge in [-0.25, -0.2) is 9.50 Å². The Hall–Kier alpha value is -2.91. The first kappa shape index (κ1) is 17.9. The van der Waals surface area contributed by atoms with E-state index in [0.717, 1.165) is 23.3 Å². The van der Waals surface area contributed by atoms with Crippen molar-refractivity contribution >= 4 is 5.65 Å². The van der Waals surface area contributed by atoms with Gasteiger partial charge in [0.1, 0.15) is 18.4 Å². The van der Waals surface area contributed by atoms with E-state index in [1.807, 2.05) is 37.3 Å². The van der Waals surface area contributed by atoms with Gasteiger partial charge < -0.3 is 10.5 Å². The van der Waals surface area contributed by atoms with Gasteiger partial charge in [0.25, 0.3) is 0 Å². The highest BCUT2D eigenvalue weighted by atomic mass is 16.5. The lowest BCUT2D eigenvalue weighted by Crippen LogP contribution is -2.43. The molecule has 6 nitrogen and oxygen atoms in total. The van der Waals surface area contributed by atoms with Crippen molar-refractivity contribution in [2.75, 3.05) is 6.61 Å². The minimum atomic E-state index is -0.439. The van der Waals surface area contributed by atoms with Crippen LogP contribution in [0.15, 0.2) is 42.7 Å². The lowest BCUT2D eigenvalue weighted by molar-refractivity contribution is 0.206. The van der Waals surface area contributed by atoms with Crippen LogP contribution in [0.2, 0.25) is 0 Å². The summed E-state index contributed by atoms with van der Waals surface area (Å²) in [6.45, 7) is 6.59. The first-order chi connectivity index (χ1) is 12.4. The second-order valence-electron chi connectivity index (χ2n) is 7.29. The van der Waals surface area contributed by atoms with Gasteiger partial charge in [-0.3, -0.25) is 0 Å². The minimum absolute atomic E-state index is 0.359. The number of fused-ring (bicyclic) bond motifs is 1. The van der Waals surface area contributed by atoms with Crippen LogP contribution in [0.1, 0.15) is 32.8 Å². The second kappa shape index (κ2) is 7.14. The van der Waals surface area contributed by atoms with Crippen molar-refractivity contribution < 1.29 is 4.74 Å². The lowest BCUT2D eigenvalue weighted by Gasteiger charge is -2.26. The largest absolute Gasteiger partial charge is 0.490 e. The number of hydrogen-bond donors (Lipinski definition) is 1. The molecular weight excluding hydrogens is 326 g/mol. The zero-order valence-corrected chi connectivity index (χ0v) is 15.3. The summed E-state index contributed by atoms with van der Waals surface area (Å²) >= 11 is 0. The van der Waals surface area contributed by atoms with Crippen molar-refractivity contribution in [3.8, 4) is 23.1 Å². The van der Waals surface area contributed by atoms with Gasteiger partial charge in [-0.05, 0) is 43.5 Å². The molecule has 0 bridgehead atoms. The fourth-order valence-electron chi connectivity index (χ4n) is 3.19. The number of ether oxygens (including phenoxy) is 1. The summed E-state index contributed by atoms with van der Waals surface area (Å²) < 4.78 is 7.62. The van der Waals surface area contributed by atoms with Crippen LogP contribution in [0, 0.1) is 17.2 Å². The first-order valence-electron chi connectivity index (χ1n) is 8.64. The summed E-state index contributed by atoms with van der Waals surface area (Å²) in [6, 6.07) is 11.5. The van der Waals surface area contributed by atoms with E-state index in [1.54, 1.807) is 16.9 Å². The Morgan fingerprint density at radius 3 is 2.81 bits per heavy atom. The smallest absolute Gasteiger partial charge is 0.155 e. The van der Waals surface area contributed by atoms with Crippen LogP contribution in [0.3, 0.4) is 0 Å². The second-order valence-corrected chi connectivity index (χ2v) is 7.29. The van der Waals surface area contributed by atoms with Crippen LogP contribution >= 0.6 is 0 Å². The Kier molecular flexibility index (Phi) is 4.92. The zero-order valence-electron chi connectivity index (χ0n) is 15.3. The quantitative estimate of drug-likeness (QED) is 0.736. The van der Waals surface area contributed by atoms with Crippen LogP contribution < -0.4 is 10.5 Å². The van der Waals surface area contributed by atoms with Crippen LogP contribution in [-0.2, 0) is 0 Å². The van der Waals surface area contributed by atoms with E-state index in [4.69, 9.17) is 10.5 Å². The molecule has 1 unspecified atom stereocenters. The molecule has 2 aromatic heterocycles. The molecule has 6 heteroatoms. The number of hydrogen-bond acceptors (Lipinski definition) is 5. The third-order valence-corrected chi connectivity index (χ3v) is 4.12. The molecule has 1 atom stereocenters. The standard InChI is InChI=1S/C20H23N5O/c1-14(2)11-20(3,22)13-26-18-5-4-15(10-16(18)12-21)17-6-8-23-19-7-9-24-25(17)19/h4-10,14H,11,13,22H2,1-3H3. The molecule has 0 radical (unpaired) electrons. The fraction of sp³-hybridized carbons (Fsp3) is 0.350. The Labute approximate surface area is 153 Å². The molecule has 26 heavy (non-hydrogen) atoms. The predicted octanol–water partition coefficient (Wildman–Crippen LogP) is 3.41. The molecule has 3 aromatic rings. The molecule has 3 rings (SSSR count).